The maximum Gasteiger partial charge on any atom is 0.248 e. The number of aliphatic hydroxyl groups is 1. The van der Waals surface area contributed by atoms with Crippen molar-refractivity contribution in [1.82, 2.24) is 14.7 Å². The third-order valence-corrected chi connectivity index (χ3v) is 8.20. The Hall–Kier alpha value is -0.800. The van der Waals surface area contributed by atoms with E-state index in [4.69, 9.17) is 14.6 Å². The summed E-state index contributed by atoms with van der Waals surface area (Å²) in [6.45, 7) is 15.6. The van der Waals surface area contributed by atoms with Crippen LogP contribution in [0.5, 0.6) is 0 Å². The SMILES string of the molecule is CC1(F)CCN(C2COC2)CC1.CC1CCN(C(=O)CO)CC1.CC1CCN(C2COC2)CC1. The predicted octanol–water partition coefficient (Wildman–Crippen LogP) is 2.56. The number of carbonyl (C=O) groups excluding carboxylic acids is 1. The molecule has 1 N–H and O–H groups in total. The van der Waals surface area contributed by atoms with Crippen LogP contribution < -0.4 is 0 Å². The van der Waals surface area contributed by atoms with E-state index in [1.165, 1.54) is 25.9 Å². The van der Waals surface area contributed by atoms with Gasteiger partial charge in [0.05, 0.1) is 38.5 Å². The lowest BCUT2D eigenvalue weighted by Gasteiger charge is -2.42. The average molecular weight is 486 g/mol. The monoisotopic (exact) mass is 485 g/mol. The summed E-state index contributed by atoms with van der Waals surface area (Å²) in [4.78, 5) is 17.6. The van der Waals surface area contributed by atoms with Crippen LogP contribution in [0.2, 0.25) is 0 Å². The summed E-state index contributed by atoms with van der Waals surface area (Å²) in [5.74, 6) is 1.56. The topological polar surface area (TPSA) is 65.5 Å². The van der Waals surface area contributed by atoms with Crippen molar-refractivity contribution >= 4 is 5.91 Å². The number of likely N-dealkylation sites (tertiary alicyclic amines) is 3. The third kappa shape index (κ3) is 8.70. The van der Waals surface area contributed by atoms with E-state index in [1.54, 1.807) is 11.8 Å². The molecule has 34 heavy (non-hydrogen) atoms. The number of aliphatic hydroxyl groups excluding tert-OH is 1. The highest BCUT2D eigenvalue weighted by Gasteiger charge is 2.34. The fourth-order valence-electron chi connectivity index (χ4n) is 4.98. The molecule has 5 aliphatic rings. The first kappa shape index (κ1) is 27.8. The van der Waals surface area contributed by atoms with E-state index in [0.717, 1.165) is 83.3 Å². The predicted molar refractivity (Wildman–Crippen MR) is 132 cm³/mol. The number of alkyl halides is 1. The van der Waals surface area contributed by atoms with Gasteiger partial charge in [-0.05, 0) is 70.4 Å². The standard InChI is InChI=1S/C9H16FNO.C9H17NO.C8H15NO2/c1-9(10)2-4-11(5-3-9)8-6-12-7-8;1-8-2-4-10(5-3-8)9-6-11-7-9;1-7-2-4-9(5-3-7)8(11)6-10/h8H,2-7H2,1H3;8-9H,2-7H2,1H3;7,10H,2-6H2,1H3. The van der Waals surface area contributed by atoms with Crippen LogP contribution >= 0.6 is 0 Å². The zero-order valence-corrected chi connectivity index (χ0v) is 21.7. The lowest BCUT2D eigenvalue weighted by molar-refractivity contribution is -0.135. The van der Waals surface area contributed by atoms with Gasteiger partial charge >= 0.3 is 0 Å². The maximum atomic E-state index is 13.4. The fraction of sp³-hybridized carbons (Fsp3) is 0.962. The van der Waals surface area contributed by atoms with Crippen LogP contribution in [-0.2, 0) is 14.3 Å². The molecule has 8 heteroatoms. The molecule has 1 amide bonds. The zero-order chi connectivity index (χ0) is 24.6. The van der Waals surface area contributed by atoms with E-state index < -0.39 is 5.67 Å². The van der Waals surface area contributed by atoms with Gasteiger partial charge in [0.25, 0.3) is 0 Å². The van der Waals surface area contributed by atoms with Crippen molar-refractivity contribution in [2.75, 3.05) is 72.3 Å². The van der Waals surface area contributed by atoms with E-state index >= 15 is 0 Å². The first-order valence-electron chi connectivity index (χ1n) is 13.5. The van der Waals surface area contributed by atoms with E-state index in [-0.39, 0.29) is 12.5 Å². The molecule has 5 rings (SSSR count). The Morgan fingerprint density at radius 1 is 0.824 bits per heavy atom. The van der Waals surface area contributed by atoms with Gasteiger partial charge in [-0.3, -0.25) is 14.6 Å². The van der Waals surface area contributed by atoms with Crippen LogP contribution in [0.1, 0.15) is 59.3 Å². The highest BCUT2D eigenvalue weighted by molar-refractivity contribution is 5.77. The van der Waals surface area contributed by atoms with Crippen LogP contribution in [0.3, 0.4) is 0 Å². The average Bonchev–Trinajstić information content (AvgIpc) is 2.75. The third-order valence-electron chi connectivity index (χ3n) is 8.20. The maximum absolute atomic E-state index is 13.4. The second-order valence-electron chi connectivity index (χ2n) is 11.3. The fourth-order valence-corrected chi connectivity index (χ4v) is 4.98. The van der Waals surface area contributed by atoms with Crippen molar-refractivity contribution < 1.29 is 23.8 Å². The normalized spacial score (nSPS) is 27.5. The van der Waals surface area contributed by atoms with Crippen molar-refractivity contribution in [2.45, 2.75) is 77.0 Å². The van der Waals surface area contributed by atoms with E-state index in [0.29, 0.717) is 18.9 Å². The van der Waals surface area contributed by atoms with Crippen LogP contribution in [0.4, 0.5) is 4.39 Å². The number of halogens is 1. The highest BCUT2D eigenvalue weighted by Crippen LogP contribution is 2.27. The molecule has 0 aromatic carbocycles. The molecule has 0 spiro atoms. The van der Waals surface area contributed by atoms with Gasteiger partial charge in [-0.2, -0.15) is 0 Å². The minimum atomic E-state index is -0.916. The molecular formula is C26H48FN3O4. The molecule has 5 heterocycles. The van der Waals surface area contributed by atoms with Gasteiger partial charge in [-0.15, -0.1) is 0 Å². The van der Waals surface area contributed by atoms with E-state index in [2.05, 4.69) is 23.6 Å². The van der Waals surface area contributed by atoms with Gasteiger partial charge in [0.15, 0.2) is 0 Å². The molecule has 0 aromatic rings. The summed E-state index contributed by atoms with van der Waals surface area (Å²) in [7, 11) is 0. The first-order valence-corrected chi connectivity index (χ1v) is 13.5. The van der Waals surface area contributed by atoms with Crippen LogP contribution in [-0.4, -0.2) is 116 Å². The molecule has 0 aliphatic carbocycles. The van der Waals surface area contributed by atoms with Gasteiger partial charge in [0.2, 0.25) is 5.91 Å². The van der Waals surface area contributed by atoms with Crippen LogP contribution in [0, 0.1) is 11.8 Å². The summed E-state index contributed by atoms with van der Waals surface area (Å²) in [6.07, 6.45) is 6.29. The number of hydrogen-bond acceptors (Lipinski definition) is 6. The number of piperidine rings is 3. The number of amides is 1. The molecule has 0 bridgehead atoms. The quantitative estimate of drug-likeness (QED) is 0.663. The number of hydrogen-bond donors (Lipinski definition) is 1. The zero-order valence-electron chi connectivity index (χ0n) is 21.7. The summed E-state index contributed by atoms with van der Waals surface area (Å²) in [6, 6.07) is 1.35. The van der Waals surface area contributed by atoms with Crippen molar-refractivity contribution in [2.24, 2.45) is 11.8 Å². The molecule has 198 valence electrons. The minimum absolute atomic E-state index is 0.128. The van der Waals surface area contributed by atoms with Crippen LogP contribution in [0.15, 0.2) is 0 Å². The Bertz CT molecular complexity index is 589. The Kier molecular flexibility index (Phi) is 11.0. The van der Waals surface area contributed by atoms with Crippen molar-refractivity contribution in [3.8, 4) is 0 Å². The Labute approximate surface area is 205 Å². The first-order chi connectivity index (χ1) is 16.3. The molecule has 5 fully saturated rings. The van der Waals surface area contributed by atoms with Gasteiger partial charge in [-0.25, -0.2) is 4.39 Å². The van der Waals surface area contributed by atoms with Gasteiger partial charge < -0.3 is 19.5 Å². The number of carbonyl (C=O) groups is 1. The molecule has 5 saturated heterocycles. The lowest BCUT2D eigenvalue weighted by atomic mass is 9.94. The molecule has 0 aromatic heterocycles. The van der Waals surface area contributed by atoms with Gasteiger partial charge in [0.1, 0.15) is 12.3 Å². The van der Waals surface area contributed by atoms with E-state index in [1.807, 2.05) is 0 Å². The second kappa shape index (κ2) is 13.5. The molecular weight excluding hydrogens is 437 g/mol. The molecule has 0 unspecified atom stereocenters. The molecule has 5 aliphatic heterocycles. The minimum Gasteiger partial charge on any atom is -0.387 e. The number of ether oxygens (including phenoxy) is 2. The Morgan fingerprint density at radius 2 is 1.24 bits per heavy atom. The number of rotatable bonds is 3. The molecule has 7 nitrogen and oxygen atoms in total. The summed E-state index contributed by atoms with van der Waals surface area (Å²) in [5.41, 5.74) is -0.916. The van der Waals surface area contributed by atoms with Crippen molar-refractivity contribution in [3.63, 3.8) is 0 Å². The summed E-state index contributed by atoms with van der Waals surface area (Å²) in [5, 5.41) is 8.56. The lowest BCUT2D eigenvalue weighted by Crippen LogP contribution is -2.53. The summed E-state index contributed by atoms with van der Waals surface area (Å²) < 4.78 is 23.6. The van der Waals surface area contributed by atoms with Gasteiger partial charge in [-0.1, -0.05) is 13.8 Å². The van der Waals surface area contributed by atoms with Crippen LogP contribution in [0.25, 0.3) is 0 Å². The summed E-state index contributed by atoms with van der Waals surface area (Å²) >= 11 is 0. The molecule has 0 saturated carbocycles. The van der Waals surface area contributed by atoms with Crippen molar-refractivity contribution in [3.05, 3.63) is 0 Å². The Morgan fingerprint density at radius 3 is 1.62 bits per heavy atom. The Balaban J connectivity index is 0.000000143. The molecule has 0 atom stereocenters. The number of nitrogens with zero attached hydrogens (tertiary/aromatic N) is 3. The highest BCUT2D eigenvalue weighted by atomic mass is 19.1. The largest absolute Gasteiger partial charge is 0.387 e. The van der Waals surface area contributed by atoms with E-state index in [9.17, 15) is 9.18 Å². The second-order valence-corrected chi connectivity index (χ2v) is 11.3. The van der Waals surface area contributed by atoms with Crippen molar-refractivity contribution in [1.29, 1.82) is 0 Å². The van der Waals surface area contributed by atoms with Gasteiger partial charge in [0, 0.05) is 26.2 Å². The molecule has 0 radical (unpaired) electrons. The smallest absolute Gasteiger partial charge is 0.248 e.